The van der Waals surface area contributed by atoms with E-state index in [1.54, 1.807) is 4.90 Å². The second kappa shape index (κ2) is 6.02. The molecule has 1 aliphatic heterocycles. The maximum Gasteiger partial charge on any atom is 0.411 e. The summed E-state index contributed by atoms with van der Waals surface area (Å²) in [4.78, 5) is 31.1. The number of nitrogens with zero attached hydrogens (tertiary/aromatic N) is 2. The summed E-state index contributed by atoms with van der Waals surface area (Å²) in [6.07, 6.45) is 1.23. The Morgan fingerprint density at radius 3 is 2.71 bits per heavy atom. The van der Waals surface area contributed by atoms with E-state index in [4.69, 9.17) is 4.74 Å². The normalized spacial score (nSPS) is 25.2. The van der Waals surface area contributed by atoms with E-state index in [0.717, 1.165) is 12.0 Å². The molecule has 1 aromatic rings. The number of rotatable bonds is 2. The maximum absolute atomic E-state index is 12.7. The van der Waals surface area contributed by atoms with Crippen LogP contribution < -0.4 is 5.32 Å². The topological polar surface area (TPSA) is 71.5 Å². The first-order chi connectivity index (χ1) is 11.2. The van der Waals surface area contributed by atoms with E-state index in [0.29, 0.717) is 22.8 Å². The van der Waals surface area contributed by atoms with Crippen molar-refractivity contribution in [3.63, 3.8) is 0 Å². The van der Waals surface area contributed by atoms with E-state index >= 15 is 0 Å². The van der Waals surface area contributed by atoms with Gasteiger partial charge in [0.2, 0.25) is 5.91 Å². The standard InChI is InChI=1S/C17H22BrN3O3/c1-9-5-6-13(18)19-14(9)20-15(22)12-8-10-7-11(10)21(12)16(23)24-17(2,3)4/h5-6,10-12H,7-8H2,1-4H3,(H,19,20,22)/t10-,11-,12+/m1/s1. The summed E-state index contributed by atoms with van der Waals surface area (Å²) in [6, 6.07) is 3.34. The molecule has 2 aliphatic rings. The Labute approximate surface area is 150 Å². The Hall–Kier alpha value is -1.63. The second-order valence-electron chi connectivity index (χ2n) is 7.49. The van der Waals surface area contributed by atoms with Gasteiger partial charge in [-0.2, -0.15) is 0 Å². The van der Waals surface area contributed by atoms with Gasteiger partial charge < -0.3 is 10.1 Å². The number of pyridine rings is 1. The van der Waals surface area contributed by atoms with Gasteiger partial charge in [0.05, 0.1) is 0 Å². The monoisotopic (exact) mass is 395 g/mol. The minimum atomic E-state index is -0.576. The van der Waals surface area contributed by atoms with Gasteiger partial charge in [-0.05, 0) is 74.0 Å². The number of aromatic nitrogens is 1. The van der Waals surface area contributed by atoms with E-state index in [1.165, 1.54) is 0 Å². The van der Waals surface area contributed by atoms with Crippen LogP contribution in [-0.2, 0) is 9.53 Å². The van der Waals surface area contributed by atoms with Crippen molar-refractivity contribution >= 4 is 33.7 Å². The van der Waals surface area contributed by atoms with Gasteiger partial charge in [0.15, 0.2) is 0 Å². The molecule has 0 spiro atoms. The van der Waals surface area contributed by atoms with Gasteiger partial charge in [-0.25, -0.2) is 9.78 Å². The number of hydrogen-bond donors (Lipinski definition) is 1. The Kier molecular flexibility index (Phi) is 4.32. The summed E-state index contributed by atoms with van der Waals surface area (Å²) >= 11 is 3.31. The van der Waals surface area contributed by atoms with Crippen LogP contribution in [0.1, 0.15) is 39.2 Å². The van der Waals surface area contributed by atoms with E-state index in [1.807, 2.05) is 39.8 Å². The number of fused-ring (bicyclic) bond motifs is 1. The van der Waals surface area contributed by atoms with Crippen LogP contribution in [0.25, 0.3) is 0 Å². The van der Waals surface area contributed by atoms with Gasteiger partial charge in [0, 0.05) is 6.04 Å². The van der Waals surface area contributed by atoms with Crippen molar-refractivity contribution in [2.75, 3.05) is 5.32 Å². The molecule has 1 aliphatic carbocycles. The first-order valence-corrected chi connectivity index (χ1v) is 8.90. The zero-order valence-electron chi connectivity index (χ0n) is 14.3. The van der Waals surface area contributed by atoms with E-state index < -0.39 is 17.7 Å². The number of carbonyl (C=O) groups excluding carboxylic acids is 2. The molecular weight excluding hydrogens is 374 g/mol. The summed E-state index contributed by atoms with van der Waals surface area (Å²) in [5.41, 5.74) is 0.298. The van der Waals surface area contributed by atoms with Crippen molar-refractivity contribution in [3.05, 3.63) is 22.3 Å². The fourth-order valence-electron chi connectivity index (χ4n) is 3.10. The molecule has 3 rings (SSSR count). The van der Waals surface area contributed by atoms with Crippen LogP contribution in [0.3, 0.4) is 0 Å². The number of amides is 2. The molecule has 7 heteroatoms. The third kappa shape index (κ3) is 3.55. The molecule has 1 saturated heterocycles. The molecule has 6 nitrogen and oxygen atoms in total. The van der Waals surface area contributed by atoms with E-state index in [9.17, 15) is 9.59 Å². The number of ether oxygens (including phenoxy) is 1. The molecule has 1 aromatic heterocycles. The Morgan fingerprint density at radius 1 is 1.33 bits per heavy atom. The molecule has 3 atom stereocenters. The molecule has 0 unspecified atom stereocenters. The van der Waals surface area contributed by atoms with Crippen LogP contribution in [0.5, 0.6) is 0 Å². The second-order valence-corrected chi connectivity index (χ2v) is 8.30. The predicted octanol–water partition coefficient (Wildman–Crippen LogP) is 3.49. The highest BCUT2D eigenvalue weighted by Gasteiger charge is 2.57. The van der Waals surface area contributed by atoms with Gasteiger partial charge in [0.1, 0.15) is 22.1 Å². The van der Waals surface area contributed by atoms with Crippen molar-refractivity contribution in [3.8, 4) is 0 Å². The highest BCUT2D eigenvalue weighted by Crippen LogP contribution is 2.48. The quantitative estimate of drug-likeness (QED) is 0.777. The lowest BCUT2D eigenvalue weighted by molar-refractivity contribution is -0.121. The molecule has 2 fully saturated rings. The molecule has 2 amide bonds. The molecule has 1 N–H and O–H groups in total. The van der Waals surface area contributed by atoms with Crippen molar-refractivity contribution in [1.82, 2.24) is 9.88 Å². The van der Waals surface area contributed by atoms with Crippen molar-refractivity contribution in [2.45, 2.75) is 58.2 Å². The number of carbonyl (C=O) groups is 2. The predicted molar refractivity (Wildman–Crippen MR) is 93.7 cm³/mol. The first kappa shape index (κ1) is 17.2. The molecular formula is C17H22BrN3O3. The molecule has 2 heterocycles. The average molecular weight is 396 g/mol. The molecule has 130 valence electrons. The minimum absolute atomic E-state index is 0.132. The third-order valence-electron chi connectivity index (χ3n) is 4.32. The lowest BCUT2D eigenvalue weighted by atomic mass is 10.1. The zero-order chi connectivity index (χ0) is 17.6. The van der Waals surface area contributed by atoms with Gasteiger partial charge in [-0.1, -0.05) is 6.07 Å². The van der Waals surface area contributed by atoms with E-state index in [2.05, 4.69) is 26.2 Å². The van der Waals surface area contributed by atoms with Gasteiger partial charge >= 0.3 is 6.09 Å². The fourth-order valence-corrected chi connectivity index (χ4v) is 3.41. The minimum Gasteiger partial charge on any atom is -0.444 e. The summed E-state index contributed by atoms with van der Waals surface area (Å²) < 4.78 is 6.13. The van der Waals surface area contributed by atoms with Crippen LogP contribution in [0.4, 0.5) is 10.6 Å². The van der Waals surface area contributed by atoms with Gasteiger partial charge in [-0.3, -0.25) is 9.69 Å². The number of likely N-dealkylation sites (tertiary alicyclic amines) is 1. The largest absolute Gasteiger partial charge is 0.444 e. The van der Waals surface area contributed by atoms with Crippen LogP contribution >= 0.6 is 15.9 Å². The average Bonchev–Trinajstić information content (AvgIpc) is 3.11. The zero-order valence-corrected chi connectivity index (χ0v) is 15.9. The smallest absolute Gasteiger partial charge is 0.411 e. The Morgan fingerprint density at radius 2 is 2.04 bits per heavy atom. The Bertz CT molecular complexity index is 686. The van der Waals surface area contributed by atoms with Crippen molar-refractivity contribution in [2.24, 2.45) is 5.92 Å². The van der Waals surface area contributed by atoms with Crippen molar-refractivity contribution < 1.29 is 14.3 Å². The number of piperidine rings is 1. The summed E-state index contributed by atoms with van der Waals surface area (Å²) in [7, 11) is 0. The highest BCUT2D eigenvalue weighted by molar-refractivity contribution is 9.10. The van der Waals surface area contributed by atoms with Gasteiger partial charge in [-0.15, -0.1) is 0 Å². The summed E-state index contributed by atoms with van der Waals surface area (Å²) in [5.74, 6) is 0.714. The summed E-state index contributed by atoms with van der Waals surface area (Å²) in [5, 5.41) is 2.85. The molecule has 0 aromatic carbocycles. The lowest BCUT2D eigenvalue weighted by Crippen LogP contribution is -2.47. The maximum atomic E-state index is 12.7. The Balaban J connectivity index is 1.74. The molecule has 24 heavy (non-hydrogen) atoms. The first-order valence-electron chi connectivity index (χ1n) is 8.11. The molecule has 1 saturated carbocycles. The molecule has 0 radical (unpaired) electrons. The number of hydrogen-bond acceptors (Lipinski definition) is 4. The van der Waals surface area contributed by atoms with Crippen LogP contribution in [0.2, 0.25) is 0 Å². The third-order valence-corrected chi connectivity index (χ3v) is 4.76. The van der Waals surface area contributed by atoms with Crippen LogP contribution in [0, 0.1) is 12.8 Å². The lowest BCUT2D eigenvalue weighted by Gasteiger charge is -2.29. The number of anilines is 1. The van der Waals surface area contributed by atoms with Gasteiger partial charge in [0.25, 0.3) is 0 Å². The number of halogens is 1. The number of nitrogens with one attached hydrogen (secondary N) is 1. The number of aryl methyl sites for hydroxylation is 1. The van der Waals surface area contributed by atoms with Crippen LogP contribution in [0.15, 0.2) is 16.7 Å². The van der Waals surface area contributed by atoms with E-state index in [-0.39, 0.29) is 11.9 Å². The van der Waals surface area contributed by atoms with Crippen molar-refractivity contribution in [1.29, 1.82) is 0 Å². The SMILES string of the molecule is Cc1ccc(Br)nc1NC(=O)[C@@H]1C[C@H]2C[C@H]2N1C(=O)OC(C)(C)C. The highest BCUT2D eigenvalue weighted by atomic mass is 79.9. The molecule has 0 bridgehead atoms. The fraction of sp³-hybridized carbons (Fsp3) is 0.588. The van der Waals surface area contributed by atoms with Crippen LogP contribution in [-0.4, -0.2) is 39.6 Å². The summed E-state index contributed by atoms with van der Waals surface area (Å²) in [6.45, 7) is 7.37.